The van der Waals surface area contributed by atoms with E-state index in [0.717, 1.165) is 12.8 Å². The molecular weight excluding hydrogens is 427 g/mol. The third-order valence-electron chi connectivity index (χ3n) is 3.53. The van der Waals surface area contributed by atoms with Crippen LogP contribution in [-0.4, -0.2) is 48.7 Å². The molecule has 0 aliphatic rings. The molecule has 156 valence electrons. The summed E-state index contributed by atoms with van der Waals surface area (Å²) in [6, 6.07) is 0. The van der Waals surface area contributed by atoms with Gasteiger partial charge in [0.1, 0.15) is 6.10 Å². The van der Waals surface area contributed by atoms with E-state index in [0.29, 0.717) is 11.9 Å². The molecular formula is C17H34BrO7P. The van der Waals surface area contributed by atoms with Crippen LogP contribution in [0.25, 0.3) is 0 Å². The second-order valence-electron chi connectivity index (χ2n) is 6.07. The summed E-state index contributed by atoms with van der Waals surface area (Å²) in [5.41, 5.74) is 0. The van der Waals surface area contributed by atoms with E-state index in [-0.39, 0.29) is 19.8 Å². The molecule has 0 saturated heterocycles. The molecule has 2 atom stereocenters. The summed E-state index contributed by atoms with van der Waals surface area (Å²) in [5.74, 6) is -0.497. The first-order valence-corrected chi connectivity index (χ1v) is 12.0. The van der Waals surface area contributed by atoms with E-state index in [1.54, 1.807) is 0 Å². The molecule has 0 aliphatic carbocycles. The van der Waals surface area contributed by atoms with Gasteiger partial charge in [-0.2, -0.15) is 0 Å². The van der Waals surface area contributed by atoms with E-state index in [4.69, 9.17) is 18.5 Å². The van der Waals surface area contributed by atoms with Crippen LogP contribution in [-0.2, 0) is 27.9 Å². The van der Waals surface area contributed by atoms with Crippen LogP contribution in [0.1, 0.15) is 65.2 Å². The molecule has 0 aromatic rings. The second-order valence-corrected chi connectivity index (χ2v) is 8.31. The highest BCUT2D eigenvalue weighted by Gasteiger charge is 2.24. The molecule has 0 radical (unpaired) electrons. The third kappa shape index (κ3) is 17.4. The van der Waals surface area contributed by atoms with Gasteiger partial charge in [-0.1, -0.05) is 67.8 Å². The largest absolute Gasteiger partial charge is 0.472 e. The number of hydrogen-bond donors (Lipinski definition) is 1. The Kier molecular flexibility index (Phi) is 17.2. The maximum atomic E-state index is 11.6. The molecule has 0 spiro atoms. The van der Waals surface area contributed by atoms with Crippen LogP contribution in [0.2, 0.25) is 0 Å². The van der Waals surface area contributed by atoms with Gasteiger partial charge >= 0.3 is 13.8 Å². The normalized spacial score (nSPS) is 14.8. The number of esters is 1. The minimum absolute atomic E-state index is 0.0426. The van der Waals surface area contributed by atoms with Gasteiger partial charge in [-0.3, -0.25) is 13.8 Å². The van der Waals surface area contributed by atoms with Crippen molar-refractivity contribution in [2.45, 2.75) is 71.3 Å². The first-order chi connectivity index (χ1) is 12.4. The number of alkyl halides is 1. The molecule has 7 nitrogen and oxygen atoms in total. The van der Waals surface area contributed by atoms with E-state index in [1.165, 1.54) is 45.4 Å². The lowest BCUT2D eigenvalue weighted by atomic mass is 10.1. The first-order valence-electron chi connectivity index (χ1n) is 9.34. The van der Waals surface area contributed by atoms with Gasteiger partial charge in [0.25, 0.3) is 0 Å². The molecule has 9 heteroatoms. The zero-order valence-corrected chi connectivity index (χ0v) is 18.5. The number of carbonyl (C=O) groups is 1. The molecule has 0 amide bonds. The van der Waals surface area contributed by atoms with Gasteiger partial charge in [0, 0.05) is 18.9 Å². The van der Waals surface area contributed by atoms with Crippen LogP contribution >= 0.6 is 23.8 Å². The molecule has 0 heterocycles. The minimum atomic E-state index is -4.15. The van der Waals surface area contributed by atoms with Crippen molar-refractivity contribution in [2.75, 3.05) is 31.8 Å². The fraction of sp³-hybridized carbons (Fsp3) is 0.941. The molecule has 26 heavy (non-hydrogen) atoms. The highest BCUT2D eigenvalue weighted by molar-refractivity contribution is 9.09. The summed E-state index contributed by atoms with van der Waals surface area (Å²) in [6.45, 7) is 3.94. The Balaban J connectivity index is 3.87. The van der Waals surface area contributed by atoms with E-state index in [9.17, 15) is 14.3 Å². The SMILES string of the molecule is CCCCCCCCCCOC[C@@H](COP(=O)(O)OCCBr)OC(C)=O. The van der Waals surface area contributed by atoms with Crippen molar-refractivity contribution in [2.24, 2.45) is 0 Å². The maximum absolute atomic E-state index is 11.6. The number of unbranched alkanes of at least 4 members (excludes halogenated alkanes) is 7. The van der Waals surface area contributed by atoms with Crippen molar-refractivity contribution in [1.29, 1.82) is 0 Å². The topological polar surface area (TPSA) is 91.3 Å². The number of rotatable bonds is 18. The van der Waals surface area contributed by atoms with Crippen LogP contribution in [0.15, 0.2) is 0 Å². The number of ether oxygens (including phenoxy) is 2. The molecule has 0 bridgehead atoms. The summed E-state index contributed by atoms with van der Waals surface area (Å²) < 4.78 is 31.7. The predicted octanol–water partition coefficient (Wildman–Crippen LogP) is 4.60. The molecule has 0 aromatic heterocycles. The van der Waals surface area contributed by atoms with Crippen LogP contribution in [0.4, 0.5) is 0 Å². The Bertz CT molecular complexity index is 395. The summed E-state index contributed by atoms with van der Waals surface area (Å²) in [4.78, 5) is 20.6. The van der Waals surface area contributed by atoms with Crippen molar-refractivity contribution in [3.8, 4) is 0 Å². The standard InChI is InChI=1S/C17H34BrO7P/c1-3-4-5-6-7-8-9-10-12-22-14-17(25-16(2)19)15-24-26(20,21)23-13-11-18/h17H,3-15H2,1-2H3,(H,20,21)/t17-/m0/s1. The molecule has 0 aromatic carbocycles. The maximum Gasteiger partial charge on any atom is 0.472 e. The first kappa shape index (κ1) is 26.0. The van der Waals surface area contributed by atoms with Crippen molar-refractivity contribution >= 4 is 29.7 Å². The smallest absolute Gasteiger partial charge is 0.458 e. The predicted molar refractivity (Wildman–Crippen MR) is 105 cm³/mol. The number of carbonyl (C=O) groups excluding carboxylic acids is 1. The Hall–Kier alpha value is 0.0200. The van der Waals surface area contributed by atoms with Crippen molar-refractivity contribution in [3.63, 3.8) is 0 Å². The third-order valence-corrected chi connectivity index (χ3v) is 4.84. The number of phosphoric ester groups is 1. The summed E-state index contributed by atoms with van der Waals surface area (Å²) in [7, 11) is -4.15. The Morgan fingerprint density at radius 2 is 1.62 bits per heavy atom. The van der Waals surface area contributed by atoms with Crippen LogP contribution in [0, 0.1) is 0 Å². The van der Waals surface area contributed by atoms with Crippen LogP contribution < -0.4 is 0 Å². The number of phosphoric acid groups is 1. The van der Waals surface area contributed by atoms with Gasteiger partial charge in [-0.15, -0.1) is 0 Å². The van der Waals surface area contributed by atoms with Crippen LogP contribution in [0.3, 0.4) is 0 Å². The van der Waals surface area contributed by atoms with Crippen LogP contribution in [0.5, 0.6) is 0 Å². The van der Waals surface area contributed by atoms with Gasteiger partial charge < -0.3 is 14.4 Å². The van der Waals surface area contributed by atoms with Crippen molar-refractivity contribution in [3.05, 3.63) is 0 Å². The van der Waals surface area contributed by atoms with Gasteiger partial charge in [0.15, 0.2) is 0 Å². The van der Waals surface area contributed by atoms with E-state index < -0.39 is 19.9 Å². The summed E-state index contributed by atoms with van der Waals surface area (Å²) in [5, 5.41) is 0.413. The minimum Gasteiger partial charge on any atom is -0.458 e. The Morgan fingerprint density at radius 3 is 2.19 bits per heavy atom. The highest BCUT2D eigenvalue weighted by atomic mass is 79.9. The lowest BCUT2D eigenvalue weighted by Gasteiger charge is -2.19. The average Bonchev–Trinajstić information content (AvgIpc) is 2.59. The zero-order valence-electron chi connectivity index (χ0n) is 16.0. The van der Waals surface area contributed by atoms with Gasteiger partial charge in [0.2, 0.25) is 0 Å². The highest BCUT2D eigenvalue weighted by Crippen LogP contribution is 2.43. The fourth-order valence-corrected chi connectivity index (χ4v) is 3.43. The van der Waals surface area contributed by atoms with Crippen molar-refractivity contribution < 1.29 is 32.8 Å². The summed E-state index contributed by atoms with van der Waals surface area (Å²) in [6.07, 6.45) is 8.92. The van der Waals surface area contributed by atoms with Gasteiger partial charge in [-0.25, -0.2) is 4.57 Å². The van der Waals surface area contributed by atoms with E-state index >= 15 is 0 Å². The lowest BCUT2D eigenvalue weighted by molar-refractivity contribution is -0.151. The molecule has 0 fully saturated rings. The number of hydrogen-bond acceptors (Lipinski definition) is 6. The van der Waals surface area contributed by atoms with Gasteiger partial charge in [0.05, 0.1) is 19.8 Å². The lowest BCUT2D eigenvalue weighted by Crippen LogP contribution is -2.27. The molecule has 1 unspecified atom stereocenters. The molecule has 0 rings (SSSR count). The van der Waals surface area contributed by atoms with Gasteiger partial charge in [-0.05, 0) is 6.42 Å². The quantitative estimate of drug-likeness (QED) is 0.138. The van der Waals surface area contributed by atoms with Crippen molar-refractivity contribution in [1.82, 2.24) is 0 Å². The Labute approximate surface area is 165 Å². The fourth-order valence-electron chi connectivity index (χ4n) is 2.27. The molecule has 0 aliphatic heterocycles. The second kappa shape index (κ2) is 17.1. The van der Waals surface area contributed by atoms with E-state index in [1.807, 2.05) is 0 Å². The monoisotopic (exact) mass is 460 g/mol. The molecule has 0 saturated carbocycles. The summed E-state index contributed by atoms with van der Waals surface area (Å²) >= 11 is 3.09. The molecule has 1 N–H and O–H groups in total. The van der Waals surface area contributed by atoms with E-state index in [2.05, 4.69) is 22.9 Å². The number of halogens is 1. The zero-order chi connectivity index (χ0) is 19.7. The average molecular weight is 461 g/mol. The Morgan fingerprint density at radius 1 is 1.00 bits per heavy atom.